The quantitative estimate of drug-likeness (QED) is 0.432. The summed E-state index contributed by atoms with van der Waals surface area (Å²) in [5.41, 5.74) is 0. The van der Waals surface area contributed by atoms with Gasteiger partial charge < -0.3 is 14.7 Å². The molecule has 2 saturated heterocycles. The number of β-lactam (4-membered cyclic amide) rings is 1. The minimum atomic E-state index is -0.486. The van der Waals surface area contributed by atoms with Gasteiger partial charge >= 0.3 is 5.97 Å². The van der Waals surface area contributed by atoms with Crippen molar-refractivity contribution < 1.29 is 19.4 Å². The van der Waals surface area contributed by atoms with Crippen LogP contribution in [-0.2, 0) is 14.3 Å². The highest BCUT2D eigenvalue weighted by Gasteiger charge is 2.53. The van der Waals surface area contributed by atoms with Crippen LogP contribution < -0.4 is 0 Å². The van der Waals surface area contributed by atoms with E-state index in [0.29, 0.717) is 6.42 Å². The van der Waals surface area contributed by atoms with Crippen molar-refractivity contribution in [2.24, 2.45) is 0 Å². The summed E-state index contributed by atoms with van der Waals surface area (Å²) < 4.78 is 4.85. The van der Waals surface area contributed by atoms with E-state index in [2.05, 4.69) is 0 Å². The second kappa shape index (κ2) is 4.47. The highest BCUT2D eigenvalue weighted by Crippen LogP contribution is 2.44. The molecule has 0 aromatic heterocycles. The molecule has 2 heterocycles. The predicted octanol–water partition coefficient (Wildman–Crippen LogP) is 0.0979. The maximum Gasteiger partial charge on any atom is 0.334 e. The van der Waals surface area contributed by atoms with E-state index in [4.69, 9.17) is 9.84 Å². The summed E-state index contributed by atoms with van der Waals surface area (Å²) in [6.07, 6.45) is 3.02. The number of hydrogen-bond donors (Lipinski definition) is 1. The average molecular weight is 243 g/mol. The van der Waals surface area contributed by atoms with Gasteiger partial charge in [0.15, 0.2) is 0 Å². The van der Waals surface area contributed by atoms with Gasteiger partial charge in [0.25, 0.3) is 0 Å². The normalized spacial score (nSPS) is 32.8. The minimum Gasteiger partial charge on any atom is -0.433 e. The molecule has 0 aliphatic carbocycles. The Morgan fingerprint density at radius 3 is 3.12 bits per heavy atom. The van der Waals surface area contributed by atoms with Gasteiger partial charge in [-0.1, -0.05) is 6.92 Å². The number of nitrogens with zero attached hydrogens (tertiary/aromatic N) is 1. The summed E-state index contributed by atoms with van der Waals surface area (Å²) in [6.45, 7) is 1.74. The molecule has 5 nitrogen and oxygen atoms in total. The van der Waals surface area contributed by atoms with Crippen molar-refractivity contribution in [3.63, 3.8) is 0 Å². The lowest BCUT2D eigenvalue weighted by atomic mass is 10.1. The molecule has 88 valence electrons. The summed E-state index contributed by atoms with van der Waals surface area (Å²) in [5.74, 6) is -0.421. The fourth-order valence-electron chi connectivity index (χ4n) is 1.93. The fourth-order valence-corrected chi connectivity index (χ4v) is 3.44. The van der Waals surface area contributed by atoms with Crippen molar-refractivity contribution in [2.45, 2.75) is 30.0 Å². The Hall–Kier alpha value is -1.01. The number of aliphatic hydroxyl groups excluding tert-OH is 1. The number of rotatable bonds is 3. The molecule has 0 aromatic carbocycles. The number of hydrogen-bond acceptors (Lipinski definition) is 5. The van der Waals surface area contributed by atoms with Crippen molar-refractivity contribution in [2.75, 3.05) is 6.61 Å². The molecule has 1 amide bonds. The standard InChI is InChI=1S/C10H13NO4S/c1-6-9(10(14)15-4-2-3-12)11-7(13)5-8(11)16-6/h2,4,6,8-9,12H,3,5H2,1H3. The van der Waals surface area contributed by atoms with E-state index in [1.165, 1.54) is 6.08 Å². The Morgan fingerprint density at radius 2 is 2.50 bits per heavy atom. The van der Waals surface area contributed by atoms with Gasteiger partial charge in [-0.2, -0.15) is 0 Å². The zero-order valence-corrected chi connectivity index (χ0v) is 9.64. The van der Waals surface area contributed by atoms with Crippen LogP contribution in [0, 0.1) is 0 Å². The number of fused-ring (bicyclic) bond motifs is 1. The molecule has 0 radical (unpaired) electrons. The highest BCUT2D eigenvalue weighted by atomic mass is 32.2. The second-order valence-electron chi connectivity index (χ2n) is 3.74. The number of carbonyl (C=O) groups is 2. The number of amides is 1. The lowest BCUT2D eigenvalue weighted by Gasteiger charge is -2.36. The number of thioether (sulfide) groups is 1. The van der Waals surface area contributed by atoms with Crippen molar-refractivity contribution in [3.8, 4) is 0 Å². The van der Waals surface area contributed by atoms with Crippen molar-refractivity contribution in [3.05, 3.63) is 12.3 Å². The van der Waals surface area contributed by atoms with Crippen LogP contribution in [0.4, 0.5) is 0 Å². The van der Waals surface area contributed by atoms with Crippen LogP contribution in [-0.4, -0.2) is 45.2 Å². The van der Waals surface area contributed by atoms with E-state index in [0.717, 1.165) is 6.26 Å². The molecule has 0 aromatic rings. The molecule has 0 spiro atoms. The molecule has 6 heteroatoms. The number of carbonyl (C=O) groups excluding carboxylic acids is 2. The summed E-state index contributed by atoms with van der Waals surface area (Å²) in [7, 11) is 0. The summed E-state index contributed by atoms with van der Waals surface area (Å²) in [6, 6.07) is -0.486. The van der Waals surface area contributed by atoms with E-state index >= 15 is 0 Å². The van der Waals surface area contributed by atoms with Crippen LogP contribution in [0.5, 0.6) is 0 Å². The van der Waals surface area contributed by atoms with Gasteiger partial charge in [-0.15, -0.1) is 11.8 Å². The first-order chi connectivity index (χ1) is 7.65. The maximum atomic E-state index is 11.7. The molecular weight excluding hydrogens is 230 g/mol. The molecule has 3 unspecified atom stereocenters. The Bertz CT molecular complexity index is 344. The molecule has 16 heavy (non-hydrogen) atoms. The van der Waals surface area contributed by atoms with Gasteiger partial charge in [-0.25, -0.2) is 4.79 Å². The molecule has 1 N–H and O–H groups in total. The largest absolute Gasteiger partial charge is 0.433 e. The van der Waals surface area contributed by atoms with E-state index in [1.807, 2.05) is 6.92 Å². The lowest BCUT2D eigenvalue weighted by molar-refractivity contribution is -0.156. The molecule has 2 fully saturated rings. The van der Waals surface area contributed by atoms with Gasteiger partial charge in [-0.05, 0) is 6.08 Å². The molecule has 3 atom stereocenters. The summed E-state index contributed by atoms with van der Waals surface area (Å²) in [4.78, 5) is 24.6. The molecule has 0 bridgehead atoms. The Balaban J connectivity index is 1.99. The van der Waals surface area contributed by atoms with Crippen LogP contribution in [0.2, 0.25) is 0 Å². The summed E-state index contributed by atoms with van der Waals surface area (Å²) >= 11 is 1.63. The SMILES string of the molecule is CC1SC2CC(=O)N2C1C(=O)OC=CCO. The van der Waals surface area contributed by atoms with Crippen molar-refractivity contribution in [1.29, 1.82) is 0 Å². The molecule has 0 saturated carbocycles. The van der Waals surface area contributed by atoms with E-state index in [1.54, 1.807) is 16.7 Å². The molecule has 2 aliphatic heterocycles. The van der Waals surface area contributed by atoms with Crippen LogP contribution >= 0.6 is 11.8 Å². The Labute approximate surface area is 97.4 Å². The second-order valence-corrected chi connectivity index (χ2v) is 5.30. The first-order valence-electron chi connectivity index (χ1n) is 5.08. The molecule has 2 rings (SSSR count). The zero-order chi connectivity index (χ0) is 11.7. The monoisotopic (exact) mass is 243 g/mol. The van der Waals surface area contributed by atoms with Gasteiger partial charge in [-0.3, -0.25) is 4.79 Å². The van der Waals surface area contributed by atoms with Crippen molar-refractivity contribution >= 4 is 23.6 Å². The third kappa shape index (κ3) is 1.82. The van der Waals surface area contributed by atoms with Crippen LogP contribution in [0.25, 0.3) is 0 Å². The lowest BCUT2D eigenvalue weighted by Crippen LogP contribution is -2.55. The average Bonchev–Trinajstić information content (AvgIpc) is 2.50. The van der Waals surface area contributed by atoms with Crippen LogP contribution in [0.1, 0.15) is 13.3 Å². The zero-order valence-electron chi connectivity index (χ0n) is 8.83. The minimum absolute atomic E-state index is 0.00920. The van der Waals surface area contributed by atoms with Crippen LogP contribution in [0.3, 0.4) is 0 Å². The first-order valence-corrected chi connectivity index (χ1v) is 6.02. The van der Waals surface area contributed by atoms with Crippen LogP contribution in [0.15, 0.2) is 12.3 Å². The number of aliphatic hydroxyl groups is 1. The van der Waals surface area contributed by atoms with Gasteiger partial charge in [0.2, 0.25) is 5.91 Å². The maximum absolute atomic E-state index is 11.7. The van der Waals surface area contributed by atoms with Gasteiger partial charge in [0, 0.05) is 5.25 Å². The topological polar surface area (TPSA) is 66.8 Å². The predicted molar refractivity (Wildman–Crippen MR) is 58.4 cm³/mol. The highest BCUT2D eigenvalue weighted by molar-refractivity contribution is 8.00. The number of esters is 1. The molecular formula is C10H13NO4S. The third-order valence-electron chi connectivity index (χ3n) is 2.69. The third-order valence-corrected chi connectivity index (χ3v) is 4.09. The van der Waals surface area contributed by atoms with Crippen molar-refractivity contribution in [1.82, 2.24) is 4.90 Å². The van der Waals surface area contributed by atoms with Gasteiger partial charge in [0.05, 0.1) is 24.7 Å². The fraction of sp³-hybridized carbons (Fsp3) is 0.600. The first kappa shape index (κ1) is 11.5. The molecule has 2 aliphatic rings. The van der Waals surface area contributed by atoms with E-state index in [-0.39, 0.29) is 23.1 Å². The van der Waals surface area contributed by atoms with Gasteiger partial charge in [0.1, 0.15) is 6.04 Å². The Kier molecular flexibility index (Phi) is 3.20. The smallest absolute Gasteiger partial charge is 0.334 e. The van der Waals surface area contributed by atoms with E-state index in [9.17, 15) is 9.59 Å². The Morgan fingerprint density at radius 1 is 1.75 bits per heavy atom. The van der Waals surface area contributed by atoms with E-state index < -0.39 is 12.0 Å². The number of ether oxygens (including phenoxy) is 1. The summed E-state index contributed by atoms with van der Waals surface area (Å²) in [5, 5.41) is 8.70.